The van der Waals surface area contributed by atoms with E-state index in [1.165, 1.54) is 0 Å². The number of nitrogens with zero attached hydrogens (tertiary/aromatic N) is 1. The van der Waals surface area contributed by atoms with Gasteiger partial charge in [-0.25, -0.2) is 4.39 Å². The zero-order valence-corrected chi connectivity index (χ0v) is 9.06. The van der Waals surface area contributed by atoms with Crippen molar-refractivity contribution in [3.8, 4) is 0 Å². The summed E-state index contributed by atoms with van der Waals surface area (Å²) in [6, 6.07) is -0.889. The minimum absolute atomic E-state index is 0.0205. The molecule has 0 aliphatic heterocycles. The molecule has 0 aromatic carbocycles. The van der Waals surface area contributed by atoms with E-state index in [1.807, 2.05) is 0 Å². The molecule has 1 atom stereocenters. The lowest BCUT2D eigenvalue weighted by Crippen LogP contribution is -2.31. The van der Waals surface area contributed by atoms with Crippen LogP contribution in [0, 0.1) is 0 Å². The summed E-state index contributed by atoms with van der Waals surface area (Å²) >= 11 is 0. The average molecular weight is 235 g/mol. The van der Waals surface area contributed by atoms with E-state index in [-0.39, 0.29) is 18.9 Å². The second kappa shape index (κ2) is 9.05. The van der Waals surface area contributed by atoms with Crippen LogP contribution in [0.2, 0.25) is 0 Å². The second-order valence-corrected chi connectivity index (χ2v) is 3.21. The lowest BCUT2D eigenvalue weighted by atomic mass is 10.2. The molecule has 0 heterocycles. The van der Waals surface area contributed by atoms with Gasteiger partial charge in [0, 0.05) is 19.8 Å². The molecule has 0 bridgehead atoms. The van der Waals surface area contributed by atoms with Crippen LogP contribution in [0.3, 0.4) is 0 Å². The minimum Gasteiger partial charge on any atom is -0.480 e. The van der Waals surface area contributed by atoms with Crippen LogP contribution in [0.15, 0.2) is 4.99 Å². The molecule has 0 radical (unpaired) electrons. The summed E-state index contributed by atoms with van der Waals surface area (Å²) in [6.07, 6.45) is 0.883. The zero-order valence-electron chi connectivity index (χ0n) is 9.06. The SMILES string of the molecule is NC(CF)=NCCCOCCC(N)C(=O)O. The van der Waals surface area contributed by atoms with Gasteiger partial charge in [-0.3, -0.25) is 9.79 Å². The lowest BCUT2D eigenvalue weighted by Gasteiger charge is -2.06. The van der Waals surface area contributed by atoms with Gasteiger partial charge in [0.15, 0.2) is 0 Å². The van der Waals surface area contributed by atoms with Gasteiger partial charge < -0.3 is 21.3 Å². The lowest BCUT2D eigenvalue weighted by molar-refractivity contribution is -0.139. The van der Waals surface area contributed by atoms with Gasteiger partial charge in [0.2, 0.25) is 0 Å². The van der Waals surface area contributed by atoms with Crippen LogP contribution in [0.5, 0.6) is 0 Å². The Bertz CT molecular complexity index is 236. The van der Waals surface area contributed by atoms with Crippen LogP contribution in [0.4, 0.5) is 4.39 Å². The molecule has 0 amide bonds. The second-order valence-electron chi connectivity index (χ2n) is 3.21. The molecule has 5 N–H and O–H groups in total. The highest BCUT2D eigenvalue weighted by Gasteiger charge is 2.09. The number of carboxylic acid groups (broad SMARTS) is 1. The van der Waals surface area contributed by atoms with Gasteiger partial charge >= 0.3 is 5.97 Å². The maximum Gasteiger partial charge on any atom is 0.320 e. The number of aliphatic carboxylic acids is 1. The van der Waals surface area contributed by atoms with Crippen molar-refractivity contribution in [3.63, 3.8) is 0 Å². The number of nitrogens with two attached hydrogens (primary N) is 2. The molecule has 0 aliphatic rings. The highest BCUT2D eigenvalue weighted by Crippen LogP contribution is 1.91. The molecule has 0 spiro atoms. The first-order chi connectivity index (χ1) is 7.57. The van der Waals surface area contributed by atoms with Gasteiger partial charge in [-0.15, -0.1) is 0 Å². The van der Waals surface area contributed by atoms with Crippen molar-refractivity contribution in [1.29, 1.82) is 0 Å². The van der Waals surface area contributed by atoms with E-state index in [4.69, 9.17) is 21.3 Å². The average Bonchev–Trinajstić information content (AvgIpc) is 2.26. The fourth-order valence-electron chi connectivity index (χ4n) is 0.867. The number of ether oxygens (including phenoxy) is 1. The van der Waals surface area contributed by atoms with Crippen LogP contribution >= 0.6 is 0 Å². The number of rotatable bonds is 9. The molecule has 0 fully saturated rings. The van der Waals surface area contributed by atoms with Gasteiger partial charge in [-0.05, 0) is 12.8 Å². The Morgan fingerprint density at radius 1 is 1.50 bits per heavy atom. The number of aliphatic imine (C=N–C) groups is 1. The third-order valence-electron chi connectivity index (χ3n) is 1.79. The molecule has 1 unspecified atom stereocenters. The molecule has 0 saturated heterocycles. The number of alkyl halides is 1. The summed E-state index contributed by atoms with van der Waals surface area (Å²) < 4.78 is 16.9. The maximum atomic E-state index is 11.8. The van der Waals surface area contributed by atoms with Crippen molar-refractivity contribution >= 4 is 11.8 Å². The van der Waals surface area contributed by atoms with Crippen LogP contribution in [-0.4, -0.2) is 49.4 Å². The van der Waals surface area contributed by atoms with E-state index in [0.29, 0.717) is 19.6 Å². The molecule has 0 aliphatic carbocycles. The maximum absolute atomic E-state index is 11.8. The summed E-state index contributed by atoms with van der Waals surface area (Å²) in [5, 5.41) is 8.46. The topological polar surface area (TPSA) is 111 Å². The monoisotopic (exact) mass is 235 g/mol. The molecule has 0 aromatic heterocycles. The first-order valence-electron chi connectivity index (χ1n) is 4.98. The summed E-state index contributed by atoms with van der Waals surface area (Å²) in [4.78, 5) is 14.1. The largest absolute Gasteiger partial charge is 0.480 e. The van der Waals surface area contributed by atoms with Crippen LogP contribution < -0.4 is 11.5 Å². The van der Waals surface area contributed by atoms with Crippen molar-refractivity contribution in [2.24, 2.45) is 16.5 Å². The van der Waals surface area contributed by atoms with E-state index < -0.39 is 18.7 Å². The number of hydrogen-bond acceptors (Lipinski definition) is 4. The molecular weight excluding hydrogens is 217 g/mol. The van der Waals surface area contributed by atoms with Crippen LogP contribution in [0.1, 0.15) is 12.8 Å². The number of carboxylic acids is 1. The number of carbonyl (C=O) groups is 1. The molecule has 0 aromatic rings. The summed E-state index contributed by atoms with van der Waals surface area (Å²) in [6.45, 7) is 0.375. The molecule has 6 nitrogen and oxygen atoms in total. The molecule has 7 heteroatoms. The Morgan fingerprint density at radius 2 is 2.19 bits per heavy atom. The van der Waals surface area contributed by atoms with Gasteiger partial charge in [-0.1, -0.05) is 0 Å². The van der Waals surface area contributed by atoms with Gasteiger partial charge in [0.25, 0.3) is 0 Å². The van der Waals surface area contributed by atoms with E-state index in [1.54, 1.807) is 0 Å². The standard InChI is InChI=1S/C9H18FN3O3/c10-6-8(12)13-3-1-4-16-5-2-7(11)9(14)15/h7H,1-6,11H2,(H2,12,13)(H,14,15). The highest BCUT2D eigenvalue weighted by atomic mass is 19.1. The predicted molar refractivity (Wildman–Crippen MR) is 58.1 cm³/mol. The number of hydrogen-bond donors (Lipinski definition) is 3. The summed E-state index contributed by atoms with van der Waals surface area (Å²) in [7, 11) is 0. The van der Waals surface area contributed by atoms with E-state index in [9.17, 15) is 9.18 Å². The Kier molecular flexibility index (Phi) is 8.36. The Balaban J connectivity index is 3.31. The molecule has 0 saturated carbocycles. The van der Waals surface area contributed by atoms with Crippen LogP contribution in [-0.2, 0) is 9.53 Å². The molecule has 0 rings (SSSR count). The Hall–Kier alpha value is -1.21. The van der Waals surface area contributed by atoms with Crippen molar-refractivity contribution in [2.45, 2.75) is 18.9 Å². The third kappa shape index (κ3) is 8.13. The van der Waals surface area contributed by atoms with Gasteiger partial charge in [0.05, 0.1) is 0 Å². The first-order valence-corrected chi connectivity index (χ1v) is 4.98. The van der Waals surface area contributed by atoms with Gasteiger partial charge in [0.1, 0.15) is 18.6 Å². The van der Waals surface area contributed by atoms with Gasteiger partial charge in [-0.2, -0.15) is 0 Å². The highest BCUT2D eigenvalue weighted by molar-refractivity contribution is 5.81. The molecule has 16 heavy (non-hydrogen) atoms. The van der Waals surface area contributed by atoms with E-state index >= 15 is 0 Å². The van der Waals surface area contributed by atoms with E-state index in [2.05, 4.69) is 4.99 Å². The normalized spacial score (nSPS) is 13.8. The predicted octanol–water partition coefficient (Wildman–Crippen LogP) is -0.478. The number of halogens is 1. The van der Waals surface area contributed by atoms with Crippen molar-refractivity contribution in [1.82, 2.24) is 0 Å². The molecule has 94 valence electrons. The van der Waals surface area contributed by atoms with Crippen molar-refractivity contribution < 1.29 is 19.0 Å². The summed E-state index contributed by atoms with van der Waals surface area (Å²) in [5.41, 5.74) is 10.4. The fourth-order valence-corrected chi connectivity index (χ4v) is 0.867. The smallest absolute Gasteiger partial charge is 0.320 e. The quantitative estimate of drug-likeness (QED) is 0.284. The van der Waals surface area contributed by atoms with Crippen molar-refractivity contribution in [3.05, 3.63) is 0 Å². The van der Waals surface area contributed by atoms with E-state index in [0.717, 1.165) is 0 Å². The number of amidine groups is 1. The minimum atomic E-state index is -1.04. The molecular formula is C9H18FN3O3. The van der Waals surface area contributed by atoms with Crippen LogP contribution in [0.25, 0.3) is 0 Å². The zero-order chi connectivity index (χ0) is 12.4. The Labute approximate surface area is 93.5 Å². The fraction of sp³-hybridized carbons (Fsp3) is 0.778. The summed E-state index contributed by atoms with van der Waals surface area (Å²) in [5.74, 6) is -1.06. The third-order valence-corrected chi connectivity index (χ3v) is 1.79. The first kappa shape index (κ1) is 14.8. The Morgan fingerprint density at radius 3 is 2.75 bits per heavy atom. The van der Waals surface area contributed by atoms with Crippen molar-refractivity contribution in [2.75, 3.05) is 26.4 Å².